The Kier molecular flexibility index (Phi) is 8.13. The molecule has 0 saturated carbocycles. The van der Waals surface area contributed by atoms with E-state index in [1.807, 2.05) is 30.3 Å². The molecule has 0 amide bonds. The van der Waals surface area contributed by atoms with Gasteiger partial charge in [0.1, 0.15) is 0 Å². The van der Waals surface area contributed by atoms with Gasteiger partial charge in [0, 0.05) is 11.8 Å². The zero-order valence-electron chi connectivity index (χ0n) is 15.0. The third-order valence-corrected chi connectivity index (χ3v) is 6.41. The Morgan fingerprint density at radius 3 is 1.84 bits per heavy atom. The summed E-state index contributed by atoms with van der Waals surface area (Å²) in [5, 5.41) is 0. The number of para-hydroxylation sites is 1. The molecule has 1 aliphatic rings. The summed E-state index contributed by atoms with van der Waals surface area (Å²) in [6.45, 7) is 0. The third-order valence-electron chi connectivity index (χ3n) is 3.07. The molecule has 1 heterocycles. The molecular weight excluding hydrogens is 551 g/mol. The fourth-order valence-electron chi connectivity index (χ4n) is 1.77. The van der Waals surface area contributed by atoms with Crippen LogP contribution in [0, 0.1) is 3.57 Å². The molecular formula is C18H12F6INO5. The van der Waals surface area contributed by atoms with Gasteiger partial charge >= 0.3 is 121 Å². The first-order valence-corrected chi connectivity index (χ1v) is 10.8. The molecule has 0 aromatic heterocycles. The van der Waals surface area contributed by atoms with E-state index in [-0.39, 0.29) is 3.57 Å². The number of carbonyl (C=O) groups excluding carboxylic acids is 2. The van der Waals surface area contributed by atoms with Gasteiger partial charge in [-0.25, -0.2) is 5.48 Å². The molecule has 0 unspecified atom stereocenters. The minimum atomic E-state index is -5.41. The molecule has 0 radical (unpaired) electrons. The summed E-state index contributed by atoms with van der Waals surface area (Å²) in [6.07, 6.45) is -7.08. The fraction of sp³-hybridized carbons (Fsp3) is 0.111. The zero-order chi connectivity index (χ0) is 23.1. The van der Waals surface area contributed by atoms with E-state index in [0.717, 1.165) is 23.4 Å². The number of benzene rings is 2. The van der Waals surface area contributed by atoms with Gasteiger partial charge in [-0.3, -0.25) is 0 Å². The van der Waals surface area contributed by atoms with Crippen molar-refractivity contribution in [3.05, 3.63) is 69.9 Å². The van der Waals surface area contributed by atoms with E-state index in [1.54, 1.807) is 6.20 Å². The second-order valence-electron chi connectivity index (χ2n) is 5.33. The first-order chi connectivity index (χ1) is 14.5. The van der Waals surface area contributed by atoms with E-state index in [2.05, 4.69) is 11.6 Å². The second kappa shape index (κ2) is 10.4. The van der Waals surface area contributed by atoms with E-state index in [0.29, 0.717) is 0 Å². The number of hydroxylamine groups is 1. The van der Waals surface area contributed by atoms with Crippen LogP contribution in [-0.4, -0.2) is 24.3 Å². The normalized spacial score (nSPS) is 12.8. The number of hydrogen-bond donors (Lipinski definition) is 1. The van der Waals surface area contributed by atoms with Gasteiger partial charge in [-0.15, -0.1) is 0 Å². The van der Waals surface area contributed by atoms with Crippen molar-refractivity contribution in [3.8, 4) is 5.75 Å². The van der Waals surface area contributed by atoms with Crippen LogP contribution in [0.25, 0.3) is 6.08 Å². The Balaban J connectivity index is 0.000000280. The SMILES string of the molecule is C1=Cc2ccccc2ON1.O=C(OI(OC(=O)C(F)(F)F)c1ccccc1)C(F)(F)F. The average molecular weight is 563 g/mol. The first kappa shape index (κ1) is 24.3. The molecule has 0 bridgehead atoms. The molecule has 2 aromatic carbocycles. The van der Waals surface area contributed by atoms with Crippen molar-refractivity contribution in [3.63, 3.8) is 0 Å². The molecule has 13 heteroatoms. The molecule has 31 heavy (non-hydrogen) atoms. The van der Waals surface area contributed by atoms with Crippen LogP contribution >= 0.6 is 20.6 Å². The van der Waals surface area contributed by atoms with Gasteiger partial charge < -0.3 is 4.84 Å². The van der Waals surface area contributed by atoms with Crippen molar-refractivity contribution < 1.29 is 46.9 Å². The summed E-state index contributed by atoms with van der Waals surface area (Å²) < 4.78 is 80.1. The Labute approximate surface area is 179 Å². The van der Waals surface area contributed by atoms with Gasteiger partial charge in [-0.1, -0.05) is 18.2 Å². The fourth-order valence-corrected chi connectivity index (χ4v) is 4.60. The number of halogens is 7. The maximum atomic E-state index is 12.1. The molecule has 168 valence electrons. The average Bonchev–Trinajstić information content (AvgIpc) is 2.73. The number of nitrogens with one attached hydrogen (secondary N) is 1. The maximum absolute atomic E-state index is 12.1. The number of fused-ring (bicyclic) bond motifs is 1. The number of hydrogen-bond acceptors (Lipinski definition) is 6. The van der Waals surface area contributed by atoms with Gasteiger partial charge in [0.15, 0.2) is 5.75 Å². The van der Waals surface area contributed by atoms with Crippen molar-refractivity contribution >= 4 is 38.7 Å². The molecule has 0 aliphatic carbocycles. The number of carbonyl (C=O) groups is 2. The molecule has 1 N–H and O–H groups in total. The zero-order valence-corrected chi connectivity index (χ0v) is 17.2. The summed E-state index contributed by atoms with van der Waals surface area (Å²) in [7, 11) is 0. The van der Waals surface area contributed by atoms with E-state index in [9.17, 15) is 35.9 Å². The van der Waals surface area contributed by atoms with Crippen molar-refractivity contribution in [1.82, 2.24) is 5.48 Å². The molecule has 3 rings (SSSR count). The van der Waals surface area contributed by atoms with E-state index < -0.39 is 44.9 Å². The first-order valence-electron chi connectivity index (χ1n) is 8.00. The molecule has 0 fully saturated rings. The van der Waals surface area contributed by atoms with E-state index in [4.69, 9.17) is 4.84 Å². The van der Waals surface area contributed by atoms with Gasteiger partial charge in [0.2, 0.25) is 0 Å². The van der Waals surface area contributed by atoms with Gasteiger partial charge in [0.05, 0.1) is 0 Å². The van der Waals surface area contributed by atoms with E-state index in [1.165, 1.54) is 18.2 Å². The minimum absolute atomic E-state index is 0.211. The third kappa shape index (κ3) is 7.66. The van der Waals surface area contributed by atoms with E-state index >= 15 is 0 Å². The van der Waals surface area contributed by atoms with Gasteiger partial charge in [-0.2, -0.15) is 0 Å². The molecule has 0 atom stereocenters. The van der Waals surface area contributed by atoms with Crippen LogP contribution in [0.4, 0.5) is 26.3 Å². The second-order valence-corrected chi connectivity index (χ2v) is 8.70. The van der Waals surface area contributed by atoms with Crippen molar-refractivity contribution in [2.75, 3.05) is 0 Å². The number of alkyl halides is 6. The molecule has 0 spiro atoms. The molecule has 0 saturated heterocycles. The summed E-state index contributed by atoms with van der Waals surface area (Å²) in [6, 6.07) is 14.0. The summed E-state index contributed by atoms with van der Waals surface area (Å²) in [4.78, 5) is 26.5. The predicted molar refractivity (Wildman–Crippen MR) is 103 cm³/mol. The van der Waals surface area contributed by atoms with Crippen LogP contribution in [-0.2, 0) is 15.7 Å². The van der Waals surface area contributed by atoms with Crippen molar-refractivity contribution in [1.29, 1.82) is 0 Å². The molecule has 1 aliphatic heterocycles. The van der Waals surface area contributed by atoms with Crippen LogP contribution in [0.1, 0.15) is 5.56 Å². The van der Waals surface area contributed by atoms with Crippen LogP contribution in [0.5, 0.6) is 5.75 Å². The van der Waals surface area contributed by atoms with Crippen LogP contribution in [0.3, 0.4) is 0 Å². The predicted octanol–water partition coefficient (Wildman–Crippen LogP) is 4.96. The summed E-state index contributed by atoms with van der Waals surface area (Å²) in [5.74, 6) is -4.55. The summed E-state index contributed by atoms with van der Waals surface area (Å²) >= 11 is -4.25. The quantitative estimate of drug-likeness (QED) is 0.421. The van der Waals surface area contributed by atoms with Crippen molar-refractivity contribution in [2.24, 2.45) is 0 Å². The molecule has 2 aromatic rings. The summed E-state index contributed by atoms with van der Waals surface area (Å²) in [5.41, 5.74) is 3.77. The Hall–Kier alpha value is -2.97. The van der Waals surface area contributed by atoms with Gasteiger partial charge in [0.25, 0.3) is 0 Å². The topological polar surface area (TPSA) is 73.9 Å². The van der Waals surface area contributed by atoms with Crippen LogP contribution in [0.15, 0.2) is 60.8 Å². The van der Waals surface area contributed by atoms with Crippen molar-refractivity contribution in [2.45, 2.75) is 12.4 Å². The van der Waals surface area contributed by atoms with Gasteiger partial charge in [-0.05, 0) is 12.1 Å². The monoisotopic (exact) mass is 563 g/mol. The standard InChI is InChI=1S/C10H5F6IO4.C8H7NO/c11-9(12,13)7(18)20-17(6-4-2-1-3-5-6)21-8(19)10(14,15)16;1-2-4-8-7(3-1)5-6-9-10-8/h1-5H;1-6,9H. The molecule has 6 nitrogen and oxygen atoms in total. The number of rotatable bonds is 3. The Bertz CT molecular complexity index is 905. The Morgan fingerprint density at radius 1 is 0.806 bits per heavy atom. The van der Waals surface area contributed by atoms with Crippen LogP contribution in [0.2, 0.25) is 0 Å². The Morgan fingerprint density at radius 2 is 1.32 bits per heavy atom. The van der Waals surface area contributed by atoms with Crippen LogP contribution < -0.4 is 10.3 Å².